The van der Waals surface area contributed by atoms with Crippen LogP contribution >= 0.6 is 0 Å². The van der Waals surface area contributed by atoms with Crippen molar-refractivity contribution in [2.75, 3.05) is 23.7 Å². The summed E-state index contributed by atoms with van der Waals surface area (Å²) in [6.45, 7) is 5.63. The zero-order valence-electron chi connectivity index (χ0n) is 13.0. The Morgan fingerprint density at radius 1 is 1.18 bits per heavy atom. The van der Waals surface area contributed by atoms with Crippen molar-refractivity contribution in [3.8, 4) is 5.75 Å². The second-order valence-electron chi connectivity index (χ2n) is 5.88. The highest BCUT2D eigenvalue weighted by Crippen LogP contribution is 2.40. The molecular formula is C18H21N3O. The van der Waals surface area contributed by atoms with Crippen molar-refractivity contribution in [2.45, 2.75) is 19.8 Å². The number of aromatic hydroxyl groups is 1. The summed E-state index contributed by atoms with van der Waals surface area (Å²) in [4.78, 5) is 6.52. The Labute approximate surface area is 130 Å². The molecule has 0 atom stereocenters. The van der Waals surface area contributed by atoms with E-state index in [1.807, 2.05) is 42.6 Å². The summed E-state index contributed by atoms with van der Waals surface area (Å²) in [5, 5.41) is 10.5. The van der Waals surface area contributed by atoms with Crippen LogP contribution in [0.25, 0.3) is 0 Å². The average Bonchev–Trinajstić information content (AvgIpc) is 2.72. The first-order valence-corrected chi connectivity index (χ1v) is 7.56. The number of nitrogens with zero attached hydrogens (tertiary/aromatic N) is 2. The smallest absolute Gasteiger partial charge is 0.162 e. The van der Waals surface area contributed by atoms with E-state index in [-0.39, 0.29) is 5.75 Å². The summed E-state index contributed by atoms with van der Waals surface area (Å²) >= 11 is 0. The molecule has 0 aliphatic carbocycles. The highest BCUT2D eigenvalue weighted by atomic mass is 16.3. The standard InChI is InChI=1S/C18H21N3O/c1-12(2)14-9-15(19)18(22)17(10-14)21-8-7-20-11-13-5-3-4-6-16(13)21/h3-6,9-12,22H,7-8,19H2,1-2H3. The first kappa shape index (κ1) is 14.4. The predicted molar refractivity (Wildman–Crippen MR) is 92.5 cm³/mol. The summed E-state index contributed by atoms with van der Waals surface area (Å²) in [7, 11) is 0. The van der Waals surface area contributed by atoms with Crippen molar-refractivity contribution >= 4 is 23.3 Å². The molecule has 114 valence electrons. The maximum atomic E-state index is 10.5. The number of benzodiazepines with no additional fused rings is 1. The zero-order valence-corrected chi connectivity index (χ0v) is 13.0. The number of aliphatic imine (C=N–C) groups is 1. The Hall–Kier alpha value is -2.49. The SMILES string of the molecule is CC(C)c1cc(N)c(O)c(N2CCN=Cc3ccccc32)c1. The average molecular weight is 295 g/mol. The number of phenolic OH excluding ortho intramolecular Hbond substituents is 1. The molecule has 0 radical (unpaired) electrons. The van der Waals surface area contributed by atoms with E-state index in [0.29, 0.717) is 24.7 Å². The minimum atomic E-state index is 0.140. The molecule has 2 aromatic carbocycles. The van der Waals surface area contributed by atoms with Gasteiger partial charge in [-0.3, -0.25) is 4.99 Å². The molecule has 4 heteroatoms. The lowest BCUT2D eigenvalue weighted by atomic mass is 10.0. The molecule has 0 spiro atoms. The fourth-order valence-electron chi connectivity index (χ4n) is 2.74. The second-order valence-corrected chi connectivity index (χ2v) is 5.88. The Kier molecular flexibility index (Phi) is 3.75. The number of nitrogens with two attached hydrogens (primary N) is 1. The number of para-hydroxylation sites is 1. The minimum absolute atomic E-state index is 0.140. The first-order chi connectivity index (χ1) is 10.6. The number of benzene rings is 2. The van der Waals surface area contributed by atoms with Crippen LogP contribution in [0.15, 0.2) is 41.4 Å². The molecule has 4 nitrogen and oxygen atoms in total. The van der Waals surface area contributed by atoms with E-state index in [0.717, 1.165) is 22.5 Å². The summed E-state index contributed by atoms with van der Waals surface area (Å²) in [5.41, 5.74) is 10.4. The molecule has 1 aliphatic rings. The third kappa shape index (κ3) is 2.52. The van der Waals surface area contributed by atoms with Gasteiger partial charge in [-0.2, -0.15) is 0 Å². The number of rotatable bonds is 2. The van der Waals surface area contributed by atoms with Gasteiger partial charge in [0, 0.05) is 18.3 Å². The van der Waals surface area contributed by atoms with Crippen LogP contribution in [0, 0.1) is 0 Å². The molecular weight excluding hydrogens is 274 g/mol. The molecule has 0 saturated heterocycles. The lowest BCUT2D eigenvalue weighted by Gasteiger charge is -2.27. The largest absolute Gasteiger partial charge is 0.504 e. The monoisotopic (exact) mass is 295 g/mol. The van der Waals surface area contributed by atoms with Gasteiger partial charge in [0.15, 0.2) is 5.75 Å². The Morgan fingerprint density at radius 3 is 2.73 bits per heavy atom. The number of hydrogen-bond acceptors (Lipinski definition) is 4. The van der Waals surface area contributed by atoms with E-state index < -0.39 is 0 Å². The van der Waals surface area contributed by atoms with Crippen molar-refractivity contribution in [3.63, 3.8) is 0 Å². The van der Waals surface area contributed by atoms with Crippen LogP contribution in [0.1, 0.15) is 30.9 Å². The van der Waals surface area contributed by atoms with E-state index in [2.05, 4.69) is 23.7 Å². The van der Waals surface area contributed by atoms with Crippen LogP contribution in [-0.4, -0.2) is 24.4 Å². The number of phenols is 1. The molecule has 0 amide bonds. The number of fused-ring (bicyclic) bond motifs is 1. The van der Waals surface area contributed by atoms with E-state index >= 15 is 0 Å². The maximum absolute atomic E-state index is 10.5. The molecule has 2 aromatic rings. The third-order valence-electron chi connectivity index (χ3n) is 4.01. The van der Waals surface area contributed by atoms with Crippen molar-refractivity contribution in [1.82, 2.24) is 0 Å². The zero-order chi connectivity index (χ0) is 15.7. The van der Waals surface area contributed by atoms with Crippen LogP contribution in [0.3, 0.4) is 0 Å². The van der Waals surface area contributed by atoms with Gasteiger partial charge in [0.25, 0.3) is 0 Å². The van der Waals surface area contributed by atoms with E-state index in [9.17, 15) is 5.11 Å². The van der Waals surface area contributed by atoms with Crippen molar-refractivity contribution in [3.05, 3.63) is 47.5 Å². The summed E-state index contributed by atoms with van der Waals surface area (Å²) in [6, 6.07) is 11.9. The first-order valence-electron chi connectivity index (χ1n) is 7.56. The quantitative estimate of drug-likeness (QED) is 0.656. The summed E-state index contributed by atoms with van der Waals surface area (Å²) < 4.78 is 0. The van der Waals surface area contributed by atoms with Crippen LogP contribution in [0.4, 0.5) is 17.1 Å². The highest BCUT2D eigenvalue weighted by Gasteiger charge is 2.20. The predicted octanol–water partition coefficient (Wildman–Crippen LogP) is 3.67. The van der Waals surface area contributed by atoms with Crippen molar-refractivity contribution in [1.29, 1.82) is 0 Å². The van der Waals surface area contributed by atoms with Crippen molar-refractivity contribution < 1.29 is 5.11 Å². The molecule has 0 aromatic heterocycles. The molecule has 0 bridgehead atoms. The van der Waals surface area contributed by atoms with Gasteiger partial charge in [-0.05, 0) is 29.7 Å². The summed E-state index contributed by atoms with van der Waals surface area (Å²) in [5.74, 6) is 0.487. The third-order valence-corrected chi connectivity index (χ3v) is 4.01. The molecule has 22 heavy (non-hydrogen) atoms. The van der Waals surface area contributed by atoms with Gasteiger partial charge in [-0.15, -0.1) is 0 Å². The van der Waals surface area contributed by atoms with Gasteiger partial charge in [-0.1, -0.05) is 32.0 Å². The van der Waals surface area contributed by atoms with Crippen LogP contribution in [0.5, 0.6) is 5.75 Å². The fraction of sp³-hybridized carbons (Fsp3) is 0.278. The van der Waals surface area contributed by atoms with Gasteiger partial charge >= 0.3 is 0 Å². The van der Waals surface area contributed by atoms with Gasteiger partial charge < -0.3 is 15.7 Å². The molecule has 0 fully saturated rings. The van der Waals surface area contributed by atoms with Gasteiger partial charge in [0.1, 0.15) is 0 Å². The van der Waals surface area contributed by atoms with Crippen molar-refractivity contribution in [2.24, 2.45) is 4.99 Å². The maximum Gasteiger partial charge on any atom is 0.162 e. The number of anilines is 3. The van der Waals surface area contributed by atoms with Crippen LogP contribution < -0.4 is 10.6 Å². The van der Waals surface area contributed by atoms with E-state index in [1.165, 1.54) is 0 Å². The Morgan fingerprint density at radius 2 is 1.95 bits per heavy atom. The van der Waals surface area contributed by atoms with E-state index in [4.69, 9.17) is 5.73 Å². The van der Waals surface area contributed by atoms with Gasteiger partial charge in [-0.25, -0.2) is 0 Å². The topological polar surface area (TPSA) is 61.9 Å². The molecule has 1 aliphatic heterocycles. The normalized spacial score (nSPS) is 14.0. The Balaban J connectivity index is 2.16. The molecule has 0 saturated carbocycles. The summed E-state index contributed by atoms with van der Waals surface area (Å²) in [6.07, 6.45) is 1.89. The molecule has 1 heterocycles. The molecule has 0 unspecified atom stereocenters. The van der Waals surface area contributed by atoms with E-state index in [1.54, 1.807) is 0 Å². The highest BCUT2D eigenvalue weighted by molar-refractivity contribution is 5.91. The molecule has 3 N–H and O–H groups in total. The number of hydrogen-bond donors (Lipinski definition) is 2. The fourth-order valence-corrected chi connectivity index (χ4v) is 2.74. The van der Waals surface area contributed by atoms with Crippen LogP contribution in [-0.2, 0) is 0 Å². The lowest BCUT2D eigenvalue weighted by molar-refractivity contribution is 0.478. The number of nitrogen functional groups attached to an aromatic ring is 1. The van der Waals surface area contributed by atoms with Gasteiger partial charge in [0.2, 0.25) is 0 Å². The molecule has 3 rings (SSSR count). The van der Waals surface area contributed by atoms with Crippen LogP contribution in [0.2, 0.25) is 0 Å². The lowest BCUT2D eigenvalue weighted by Crippen LogP contribution is -2.21. The van der Waals surface area contributed by atoms with Gasteiger partial charge in [0.05, 0.1) is 23.6 Å². The minimum Gasteiger partial charge on any atom is -0.504 e. The Bertz CT molecular complexity index is 722. The second kappa shape index (κ2) is 5.72.